The Labute approximate surface area is 401 Å². The molecule has 71 heavy (non-hydrogen) atoms. The molecule has 0 radical (unpaired) electrons. The van der Waals surface area contributed by atoms with Crippen LogP contribution in [0.5, 0.6) is 0 Å². The van der Waals surface area contributed by atoms with Crippen LogP contribution in [-0.2, 0) is 12.4 Å². The summed E-state index contributed by atoms with van der Waals surface area (Å²) in [6.45, 7) is 0. The predicted octanol–water partition coefficient (Wildman–Crippen LogP) is 19.5. The van der Waals surface area contributed by atoms with Crippen molar-refractivity contribution >= 4 is 121 Å². The van der Waals surface area contributed by atoms with E-state index in [9.17, 15) is 26.3 Å². The molecule has 342 valence electrons. The number of anilines is 6. The highest BCUT2D eigenvalue weighted by Gasteiger charge is 2.34. The molecular weight excluding hydrogens is 903 g/mol. The fourth-order valence-corrected chi connectivity index (χ4v) is 10.7. The van der Waals surface area contributed by atoms with E-state index in [0.717, 1.165) is 82.2 Å². The molecule has 0 saturated carbocycles. The zero-order valence-corrected chi connectivity index (χ0v) is 37.4. The lowest BCUT2D eigenvalue weighted by atomic mass is 9.96. The Morgan fingerprint density at radius 3 is 1.14 bits per heavy atom. The molecule has 0 aliphatic rings. The van der Waals surface area contributed by atoms with Gasteiger partial charge in [-0.25, -0.2) is 0 Å². The molecule has 0 fully saturated rings. The van der Waals surface area contributed by atoms with E-state index in [1.165, 1.54) is 24.3 Å². The van der Waals surface area contributed by atoms with Crippen molar-refractivity contribution in [3.8, 4) is 0 Å². The summed E-state index contributed by atoms with van der Waals surface area (Å²) in [5.41, 5.74) is 2.62. The van der Waals surface area contributed by atoms with E-state index in [1.54, 1.807) is 12.1 Å². The summed E-state index contributed by atoms with van der Waals surface area (Å²) in [6, 6.07) is 66.0. The number of hydrogen-bond acceptors (Lipinski definition) is 3. The van der Waals surface area contributed by atoms with Crippen molar-refractivity contribution in [2.45, 2.75) is 12.4 Å². The quantitative estimate of drug-likeness (QED) is 0.122. The van der Waals surface area contributed by atoms with Crippen LogP contribution in [0.25, 0.3) is 86.6 Å². The summed E-state index contributed by atoms with van der Waals surface area (Å²) >= 11 is 0. The number of benzene rings is 12. The Balaban J connectivity index is 1.14. The van der Waals surface area contributed by atoms with Gasteiger partial charge in [0.2, 0.25) is 0 Å². The molecule has 0 saturated heterocycles. The van der Waals surface area contributed by atoms with Gasteiger partial charge in [0.15, 0.2) is 0 Å². The van der Waals surface area contributed by atoms with Gasteiger partial charge in [0.1, 0.15) is 11.2 Å². The molecule has 9 heteroatoms. The second-order valence-electron chi connectivity index (χ2n) is 17.8. The van der Waals surface area contributed by atoms with Crippen molar-refractivity contribution in [3.05, 3.63) is 230 Å². The van der Waals surface area contributed by atoms with Gasteiger partial charge in [0.05, 0.1) is 33.9 Å². The number of halogens is 6. The lowest BCUT2D eigenvalue weighted by molar-refractivity contribution is -0.138. The Morgan fingerprint density at radius 2 is 0.662 bits per heavy atom. The highest BCUT2D eigenvalue weighted by molar-refractivity contribution is 6.28. The third-order valence-corrected chi connectivity index (χ3v) is 13.8. The highest BCUT2D eigenvalue weighted by atomic mass is 19.4. The first kappa shape index (κ1) is 42.3. The van der Waals surface area contributed by atoms with Gasteiger partial charge in [-0.3, -0.25) is 0 Å². The lowest BCUT2D eigenvalue weighted by Gasteiger charge is -2.29. The molecule has 0 aliphatic heterocycles. The topological polar surface area (TPSA) is 19.6 Å². The van der Waals surface area contributed by atoms with Crippen molar-refractivity contribution in [1.29, 1.82) is 0 Å². The zero-order valence-electron chi connectivity index (χ0n) is 37.4. The monoisotopic (exact) mass is 938 g/mol. The van der Waals surface area contributed by atoms with Crippen LogP contribution in [-0.4, -0.2) is 0 Å². The minimum atomic E-state index is -4.61. The van der Waals surface area contributed by atoms with Crippen molar-refractivity contribution in [1.82, 2.24) is 0 Å². The molecule has 13 aromatic rings. The second-order valence-corrected chi connectivity index (χ2v) is 17.8. The van der Waals surface area contributed by atoms with Crippen LogP contribution in [0.1, 0.15) is 11.1 Å². The third-order valence-electron chi connectivity index (χ3n) is 13.8. The van der Waals surface area contributed by atoms with E-state index in [1.807, 2.05) is 180 Å². The predicted molar refractivity (Wildman–Crippen MR) is 278 cm³/mol. The summed E-state index contributed by atoms with van der Waals surface area (Å²) < 4.78 is 95.0. The van der Waals surface area contributed by atoms with Crippen molar-refractivity contribution < 1.29 is 30.8 Å². The van der Waals surface area contributed by atoms with E-state index in [0.29, 0.717) is 50.7 Å². The second kappa shape index (κ2) is 15.9. The molecule has 0 N–H and O–H groups in total. The largest absolute Gasteiger partial charge is 0.455 e. The first-order valence-corrected chi connectivity index (χ1v) is 23.1. The van der Waals surface area contributed by atoms with Gasteiger partial charge >= 0.3 is 12.4 Å². The first-order valence-electron chi connectivity index (χ1n) is 23.1. The summed E-state index contributed by atoms with van der Waals surface area (Å²) in [6.07, 6.45) is -9.23. The Morgan fingerprint density at radius 1 is 0.296 bits per heavy atom. The highest BCUT2D eigenvalue weighted by Crippen LogP contribution is 2.52. The van der Waals surface area contributed by atoms with Crippen molar-refractivity contribution in [2.75, 3.05) is 9.80 Å². The molecule has 0 bridgehead atoms. The number of furan rings is 1. The maximum absolute atomic E-state index is 14.7. The molecule has 0 atom stereocenters. The average molecular weight is 939 g/mol. The van der Waals surface area contributed by atoms with Crippen LogP contribution in [0.4, 0.5) is 60.5 Å². The maximum atomic E-state index is 14.7. The summed E-state index contributed by atoms with van der Waals surface area (Å²) in [5, 5.41) is 11.8. The Hall–Kier alpha value is -8.82. The average Bonchev–Trinajstić information content (AvgIpc) is 3.77. The molecule has 1 aromatic heterocycles. The number of alkyl halides is 6. The van der Waals surface area contributed by atoms with Crippen LogP contribution in [0.3, 0.4) is 0 Å². The van der Waals surface area contributed by atoms with Gasteiger partial charge in [-0.15, -0.1) is 0 Å². The summed E-state index contributed by atoms with van der Waals surface area (Å²) in [7, 11) is 0. The first-order chi connectivity index (χ1) is 34.5. The standard InChI is InChI=1S/C62H36F6N2O/c63-61(64,65)39-17-13-19-41(33-39)69(54-31-37-15-1-3-21-43(37)45-23-5-7-25-47(45)54)56-35-53-59-51-29-11-9-27-49(51)57(36-58(59)71-60(53)52-30-12-10-28-50(52)56)70(42-20-14-18-40(34-42)62(66,67)68)55-32-38-16-2-4-22-44(38)46-24-6-8-26-48(46)55/h1-36H. The summed E-state index contributed by atoms with van der Waals surface area (Å²) in [5.74, 6) is 0. The zero-order chi connectivity index (χ0) is 48.2. The molecule has 0 spiro atoms. The number of hydrogen-bond donors (Lipinski definition) is 0. The molecule has 1 heterocycles. The minimum Gasteiger partial charge on any atom is -0.455 e. The number of nitrogens with zero attached hydrogens (tertiary/aromatic N) is 2. The fraction of sp³-hybridized carbons (Fsp3) is 0.0323. The molecule has 3 nitrogen and oxygen atoms in total. The minimum absolute atomic E-state index is 0.299. The van der Waals surface area contributed by atoms with Crippen LogP contribution >= 0.6 is 0 Å². The van der Waals surface area contributed by atoms with Gasteiger partial charge in [-0.05, 0) is 92.3 Å². The van der Waals surface area contributed by atoms with Crippen LogP contribution in [0, 0.1) is 0 Å². The number of rotatable bonds is 6. The molecule has 12 aromatic carbocycles. The Kier molecular flexibility index (Phi) is 9.45. The van der Waals surface area contributed by atoms with Crippen molar-refractivity contribution in [2.24, 2.45) is 0 Å². The normalized spacial score (nSPS) is 12.4. The van der Waals surface area contributed by atoms with E-state index in [2.05, 4.69) is 0 Å². The Bertz CT molecular complexity index is 4310. The van der Waals surface area contributed by atoms with Gasteiger partial charge in [0, 0.05) is 55.1 Å². The lowest BCUT2D eigenvalue weighted by Crippen LogP contribution is -2.13. The molecule has 13 rings (SSSR count). The van der Waals surface area contributed by atoms with Gasteiger partial charge in [-0.2, -0.15) is 26.3 Å². The van der Waals surface area contributed by atoms with Gasteiger partial charge in [0.25, 0.3) is 0 Å². The van der Waals surface area contributed by atoms with E-state index < -0.39 is 23.5 Å². The van der Waals surface area contributed by atoms with Gasteiger partial charge < -0.3 is 14.2 Å². The van der Waals surface area contributed by atoms with Gasteiger partial charge in [-0.1, -0.05) is 158 Å². The molecule has 0 aliphatic carbocycles. The third kappa shape index (κ3) is 6.83. The molecule has 0 unspecified atom stereocenters. The SMILES string of the molecule is FC(F)(F)c1cccc(N(c2cc3ccccc3c3ccccc23)c2cc3c(oc4cc(N(c5cccc(C(F)(F)F)c5)c5cc6ccccc6c6ccccc56)c5ccccc5c43)c3ccccc23)c1. The van der Waals surface area contributed by atoms with Crippen LogP contribution in [0.15, 0.2) is 223 Å². The van der Waals surface area contributed by atoms with E-state index in [4.69, 9.17) is 4.42 Å². The maximum Gasteiger partial charge on any atom is 0.416 e. The molecule has 0 amide bonds. The fourth-order valence-electron chi connectivity index (χ4n) is 10.7. The number of fused-ring (bicyclic) bond motifs is 13. The molecular formula is C62H36F6N2O. The van der Waals surface area contributed by atoms with E-state index >= 15 is 0 Å². The smallest absolute Gasteiger partial charge is 0.416 e. The van der Waals surface area contributed by atoms with Crippen molar-refractivity contribution in [3.63, 3.8) is 0 Å². The van der Waals surface area contributed by atoms with E-state index in [-0.39, 0.29) is 0 Å². The van der Waals surface area contributed by atoms with Crippen LogP contribution < -0.4 is 9.80 Å². The van der Waals surface area contributed by atoms with Crippen LogP contribution in [0.2, 0.25) is 0 Å². The summed E-state index contributed by atoms with van der Waals surface area (Å²) in [4.78, 5) is 3.81.